The summed E-state index contributed by atoms with van der Waals surface area (Å²) in [5.74, 6) is 0.189. The van der Waals surface area contributed by atoms with Crippen LogP contribution in [-0.4, -0.2) is 36.1 Å². The van der Waals surface area contributed by atoms with E-state index in [1.165, 1.54) is 5.56 Å². The Morgan fingerprint density at radius 1 is 1.13 bits per heavy atom. The minimum absolute atomic E-state index is 0.112. The molecule has 0 bridgehead atoms. The van der Waals surface area contributed by atoms with Crippen molar-refractivity contribution in [1.29, 1.82) is 0 Å². The summed E-state index contributed by atoms with van der Waals surface area (Å²) in [4.78, 5) is 39.2. The molecule has 4 amide bonds. The molecule has 0 radical (unpaired) electrons. The molecule has 2 aliphatic rings. The van der Waals surface area contributed by atoms with Crippen LogP contribution in [0.25, 0.3) is 0 Å². The van der Waals surface area contributed by atoms with Crippen LogP contribution >= 0.6 is 0 Å². The Morgan fingerprint density at radius 2 is 1.87 bits per heavy atom. The van der Waals surface area contributed by atoms with E-state index in [-0.39, 0.29) is 19.4 Å². The van der Waals surface area contributed by atoms with E-state index in [1.807, 2.05) is 39.0 Å². The van der Waals surface area contributed by atoms with Gasteiger partial charge in [0.25, 0.3) is 5.91 Å². The minimum Gasteiger partial charge on any atom is -0.454 e. The number of ether oxygens (including phenoxy) is 2. The third-order valence-corrected chi connectivity index (χ3v) is 5.94. The highest BCUT2D eigenvalue weighted by atomic mass is 16.7. The maximum Gasteiger partial charge on any atom is 0.325 e. The fourth-order valence-electron chi connectivity index (χ4n) is 3.79. The molecule has 2 aromatic carbocycles. The van der Waals surface area contributed by atoms with Crippen LogP contribution in [0.1, 0.15) is 42.1 Å². The summed E-state index contributed by atoms with van der Waals surface area (Å²) in [6, 6.07) is 10.2. The monoisotopic (exact) mass is 423 g/mol. The number of nitrogens with one attached hydrogen (secondary N) is 2. The Balaban J connectivity index is 1.46. The van der Waals surface area contributed by atoms with Gasteiger partial charge in [-0.05, 0) is 62.1 Å². The molecular weight excluding hydrogens is 398 g/mol. The average Bonchev–Trinajstić information content (AvgIpc) is 3.28. The van der Waals surface area contributed by atoms with Crippen molar-refractivity contribution in [3.8, 4) is 11.5 Å². The van der Waals surface area contributed by atoms with Crippen molar-refractivity contribution >= 4 is 17.8 Å². The first-order valence-corrected chi connectivity index (χ1v) is 10.1. The Labute approximate surface area is 180 Å². The van der Waals surface area contributed by atoms with Gasteiger partial charge < -0.3 is 20.1 Å². The van der Waals surface area contributed by atoms with E-state index in [0.29, 0.717) is 17.1 Å². The molecule has 2 N–H and O–H groups in total. The van der Waals surface area contributed by atoms with Crippen LogP contribution in [0.3, 0.4) is 0 Å². The summed E-state index contributed by atoms with van der Waals surface area (Å²) >= 11 is 0. The quantitative estimate of drug-likeness (QED) is 0.721. The molecule has 2 unspecified atom stereocenters. The van der Waals surface area contributed by atoms with Crippen LogP contribution in [0.4, 0.5) is 4.79 Å². The lowest BCUT2D eigenvalue weighted by molar-refractivity contribution is -0.135. The zero-order valence-corrected chi connectivity index (χ0v) is 17.9. The van der Waals surface area contributed by atoms with E-state index in [0.717, 1.165) is 16.0 Å². The predicted molar refractivity (Wildman–Crippen MR) is 113 cm³/mol. The molecule has 2 aliphatic heterocycles. The Morgan fingerprint density at radius 3 is 2.61 bits per heavy atom. The summed E-state index contributed by atoms with van der Waals surface area (Å²) in [7, 11) is 0. The highest BCUT2D eigenvalue weighted by Crippen LogP contribution is 2.37. The number of urea groups is 1. The standard InChI is InChI=1S/C23H25N3O5/c1-13-5-6-16(9-14(13)2)15(3)24-20(27)11-26-21(28)23(4,25-22(26)29)17-7-8-18-19(10-17)31-12-30-18/h5-10,15H,11-12H2,1-4H3,(H,24,27)(H,25,29). The van der Waals surface area contributed by atoms with Crippen LogP contribution in [0.5, 0.6) is 11.5 Å². The van der Waals surface area contributed by atoms with E-state index in [9.17, 15) is 14.4 Å². The number of carbonyl (C=O) groups excluding carboxylic acids is 3. The zero-order valence-electron chi connectivity index (χ0n) is 17.9. The average molecular weight is 423 g/mol. The lowest BCUT2D eigenvalue weighted by atomic mass is 9.91. The molecular formula is C23H25N3O5. The lowest BCUT2D eigenvalue weighted by Crippen LogP contribution is -2.43. The van der Waals surface area contributed by atoms with E-state index in [1.54, 1.807) is 25.1 Å². The highest BCUT2D eigenvalue weighted by Gasteiger charge is 2.50. The van der Waals surface area contributed by atoms with Gasteiger partial charge >= 0.3 is 6.03 Å². The first kappa shape index (κ1) is 20.7. The number of hydrogen-bond acceptors (Lipinski definition) is 5. The number of rotatable bonds is 5. The first-order valence-electron chi connectivity index (χ1n) is 10.1. The molecule has 162 valence electrons. The number of fused-ring (bicyclic) bond motifs is 1. The zero-order chi connectivity index (χ0) is 22.3. The Hall–Kier alpha value is -3.55. The fourth-order valence-corrected chi connectivity index (χ4v) is 3.79. The third-order valence-electron chi connectivity index (χ3n) is 5.94. The molecule has 2 heterocycles. The van der Waals surface area contributed by atoms with Gasteiger partial charge in [-0.1, -0.05) is 24.3 Å². The highest BCUT2D eigenvalue weighted by molar-refractivity contribution is 6.09. The smallest absolute Gasteiger partial charge is 0.325 e. The summed E-state index contributed by atoms with van der Waals surface area (Å²) in [5, 5.41) is 5.57. The fraction of sp³-hybridized carbons (Fsp3) is 0.348. The van der Waals surface area contributed by atoms with Crippen molar-refractivity contribution < 1.29 is 23.9 Å². The van der Waals surface area contributed by atoms with E-state index < -0.39 is 23.4 Å². The summed E-state index contributed by atoms with van der Waals surface area (Å²) in [6.07, 6.45) is 0. The third kappa shape index (κ3) is 3.69. The van der Waals surface area contributed by atoms with Gasteiger partial charge in [-0.3, -0.25) is 14.5 Å². The molecule has 8 nitrogen and oxygen atoms in total. The van der Waals surface area contributed by atoms with E-state index >= 15 is 0 Å². The molecule has 2 atom stereocenters. The Bertz CT molecular complexity index is 1080. The number of carbonyl (C=O) groups is 3. The van der Waals surface area contributed by atoms with Gasteiger partial charge in [-0.25, -0.2) is 4.79 Å². The van der Waals surface area contributed by atoms with E-state index in [2.05, 4.69) is 10.6 Å². The van der Waals surface area contributed by atoms with E-state index in [4.69, 9.17) is 9.47 Å². The van der Waals surface area contributed by atoms with Gasteiger partial charge in [0.1, 0.15) is 12.1 Å². The molecule has 0 aliphatic carbocycles. The van der Waals surface area contributed by atoms with Crippen LogP contribution < -0.4 is 20.1 Å². The number of aryl methyl sites for hydroxylation is 2. The normalized spacial score (nSPS) is 20.6. The Kier molecular flexibility index (Phi) is 5.08. The molecule has 31 heavy (non-hydrogen) atoms. The largest absolute Gasteiger partial charge is 0.454 e. The van der Waals surface area contributed by atoms with Crippen molar-refractivity contribution in [1.82, 2.24) is 15.5 Å². The van der Waals surface area contributed by atoms with Crippen molar-refractivity contribution in [2.45, 2.75) is 39.3 Å². The molecule has 0 spiro atoms. The second-order valence-electron chi connectivity index (χ2n) is 8.15. The van der Waals surface area contributed by atoms with Crippen molar-refractivity contribution in [2.24, 2.45) is 0 Å². The number of nitrogens with zero attached hydrogens (tertiary/aromatic N) is 1. The number of benzene rings is 2. The molecule has 0 aromatic heterocycles. The summed E-state index contributed by atoms with van der Waals surface area (Å²) in [6.45, 7) is 7.26. The van der Waals surface area contributed by atoms with Gasteiger partial charge in [-0.2, -0.15) is 0 Å². The molecule has 0 saturated carbocycles. The molecule has 2 aromatic rings. The van der Waals surface area contributed by atoms with Crippen LogP contribution in [0, 0.1) is 13.8 Å². The van der Waals surface area contributed by atoms with Gasteiger partial charge in [0.15, 0.2) is 11.5 Å². The molecule has 1 fully saturated rings. The first-order chi connectivity index (χ1) is 14.7. The molecule has 1 saturated heterocycles. The SMILES string of the molecule is Cc1ccc(C(C)NC(=O)CN2C(=O)NC(C)(c3ccc4c(c3)OCO4)C2=O)cc1C. The number of amides is 4. The minimum atomic E-state index is -1.29. The summed E-state index contributed by atoms with van der Waals surface area (Å²) in [5.41, 5.74) is 2.52. The second-order valence-corrected chi connectivity index (χ2v) is 8.15. The van der Waals surface area contributed by atoms with Gasteiger partial charge in [0.2, 0.25) is 12.7 Å². The molecule has 4 rings (SSSR count). The van der Waals surface area contributed by atoms with Crippen molar-refractivity contribution in [2.75, 3.05) is 13.3 Å². The topological polar surface area (TPSA) is 97.0 Å². The second kappa shape index (κ2) is 7.61. The maximum atomic E-state index is 13.1. The van der Waals surface area contributed by atoms with Crippen molar-refractivity contribution in [3.05, 3.63) is 58.7 Å². The van der Waals surface area contributed by atoms with Crippen LogP contribution in [-0.2, 0) is 15.1 Å². The summed E-state index contributed by atoms with van der Waals surface area (Å²) < 4.78 is 10.7. The van der Waals surface area contributed by atoms with Gasteiger partial charge in [-0.15, -0.1) is 0 Å². The molecule has 8 heteroatoms. The van der Waals surface area contributed by atoms with Gasteiger partial charge in [0.05, 0.1) is 6.04 Å². The lowest BCUT2D eigenvalue weighted by Gasteiger charge is -2.22. The predicted octanol–water partition coefficient (Wildman–Crippen LogP) is 2.68. The van der Waals surface area contributed by atoms with Gasteiger partial charge in [0, 0.05) is 0 Å². The number of hydrogen-bond donors (Lipinski definition) is 2. The van der Waals surface area contributed by atoms with Crippen LogP contribution in [0.2, 0.25) is 0 Å². The van der Waals surface area contributed by atoms with Crippen molar-refractivity contribution in [3.63, 3.8) is 0 Å². The number of imide groups is 1. The maximum absolute atomic E-state index is 13.1. The van der Waals surface area contributed by atoms with Crippen LogP contribution in [0.15, 0.2) is 36.4 Å².